The quantitative estimate of drug-likeness (QED) is 0.893. The lowest BCUT2D eigenvalue weighted by Gasteiger charge is -2.22. The van der Waals surface area contributed by atoms with Crippen LogP contribution in [0.5, 0.6) is 0 Å². The number of benzene rings is 1. The van der Waals surface area contributed by atoms with Crippen molar-refractivity contribution >= 4 is 0 Å². The van der Waals surface area contributed by atoms with E-state index in [9.17, 15) is 8.78 Å². The predicted octanol–water partition coefficient (Wildman–Crippen LogP) is 4.57. The summed E-state index contributed by atoms with van der Waals surface area (Å²) >= 11 is 0. The number of furan rings is 1. The highest BCUT2D eigenvalue weighted by Crippen LogP contribution is 2.30. The molecular weight excluding hydrogens is 272 g/mol. The monoisotopic (exact) mass is 293 g/mol. The Hall–Kier alpha value is -1.68. The average Bonchev–Trinajstić information content (AvgIpc) is 2.70. The van der Waals surface area contributed by atoms with Gasteiger partial charge < -0.3 is 9.73 Å². The average molecular weight is 293 g/mol. The van der Waals surface area contributed by atoms with E-state index in [0.717, 1.165) is 23.2 Å². The Balaban J connectivity index is 2.56. The summed E-state index contributed by atoms with van der Waals surface area (Å²) in [6.07, 6.45) is 0. The smallest absolute Gasteiger partial charge is 0.131 e. The van der Waals surface area contributed by atoms with Gasteiger partial charge in [0.1, 0.15) is 23.2 Å². The van der Waals surface area contributed by atoms with Gasteiger partial charge in [0.15, 0.2) is 0 Å². The van der Waals surface area contributed by atoms with Crippen molar-refractivity contribution in [2.75, 3.05) is 0 Å². The molecule has 0 aliphatic rings. The van der Waals surface area contributed by atoms with E-state index in [4.69, 9.17) is 4.42 Å². The molecule has 1 aromatic heterocycles. The van der Waals surface area contributed by atoms with Gasteiger partial charge in [-0.15, -0.1) is 0 Å². The fourth-order valence-corrected chi connectivity index (χ4v) is 2.52. The number of aryl methyl sites for hydroxylation is 3. The maximum atomic E-state index is 14.2. The van der Waals surface area contributed by atoms with Crippen molar-refractivity contribution in [3.8, 4) is 0 Å². The highest BCUT2D eigenvalue weighted by Gasteiger charge is 2.23. The number of hydrogen-bond acceptors (Lipinski definition) is 2. The van der Waals surface area contributed by atoms with Gasteiger partial charge in [-0.3, -0.25) is 0 Å². The molecular formula is C17H21F2NO. The van der Waals surface area contributed by atoms with E-state index in [-0.39, 0.29) is 12.1 Å². The molecule has 1 heterocycles. The van der Waals surface area contributed by atoms with Gasteiger partial charge in [-0.2, -0.15) is 0 Å². The van der Waals surface area contributed by atoms with E-state index in [1.165, 1.54) is 0 Å². The fraction of sp³-hybridized carbons (Fsp3) is 0.412. The number of nitrogens with one attached hydrogen (secondary N) is 1. The Labute approximate surface area is 124 Å². The molecule has 21 heavy (non-hydrogen) atoms. The molecule has 1 N–H and O–H groups in total. The minimum absolute atomic E-state index is 0.148. The van der Waals surface area contributed by atoms with Crippen molar-refractivity contribution in [1.82, 2.24) is 5.32 Å². The Morgan fingerprint density at radius 2 is 1.62 bits per heavy atom. The first-order valence-corrected chi connectivity index (χ1v) is 7.08. The fourth-order valence-electron chi connectivity index (χ4n) is 2.52. The SMILES string of the molecule is Cc1cc(C(NC(C)C)c2cc(C)c(F)cc2F)c(C)o1. The predicted molar refractivity (Wildman–Crippen MR) is 79.4 cm³/mol. The van der Waals surface area contributed by atoms with Crippen molar-refractivity contribution < 1.29 is 13.2 Å². The van der Waals surface area contributed by atoms with E-state index in [1.807, 2.05) is 33.8 Å². The maximum absolute atomic E-state index is 14.2. The van der Waals surface area contributed by atoms with E-state index < -0.39 is 11.6 Å². The maximum Gasteiger partial charge on any atom is 0.131 e. The number of halogens is 2. The number of rotatable bonds is 4. The van der Waals surface area contributed by atoms with Crippen LogP contribution in [0.1, 0.15) is 48.1 Å². The molecule has 4 heteroatoms. The van der Waals surface area contributed by atoms with Crippen LogP contribution in [0.3, 0.4) is 0 Å². The molecule has 0 aliphatic carbocycles. The molecule has 2 rings (SSSR count). The summed E-state index contributed by atoms with van der Waals surface area (Å²) in [5.74, 6) is 0.443. The van der Waals surface area contributed by atoms with Crippen molar-refractivity contribution in [3.05, 3.63) is 58.0 Å². The zero-order valence-electron chi connectivity index (χ0n) is 13.1. The molecule has 2 nitrogen and oxygen atoms in total. The van der Waals surface area contributed by atoms with Gasteiger partial charge in [0.25, 0.3) is 0 Å². The normalized spacial score (nSPS) is 13.0. The first-order valence-electron chi connectivity index (χ1n) is 7.08. The van der Waals surface area contributed by atoms with Crippen molar-refractivity contribution in [1.29, 1.82) is 0 Å². The second-order valence-electron chi connectivity index (χ2n) is 5.75. The lowest BCUT2D eigenvalue weighted by Crippen LogP contribution is -2.30. The van der Waals surface area contributed by atoms with Gasteiger partial charge in [-0.1, -0.05) is 0 Å². The molecule has 1 aromatic carbocycles. The summed E-state index contributed by atoms with van der Waals surface area (Å²) in [6.45, 7) is 9.33. The highest BCUT2D eigenvalue weighted by atomic mass is 19.1. The molecule has 2 aromatic rings. The van der Waals surface area contributed by atoms with Crippen LogP contribution in [-0.4, -0.2) is 6.04 Å². The molecule has 0 spiro atoms. The Bertz CT molecular complexity index is 646. The number of hydrogen-bond donors (Lipinski definition) is 1. The van der Waals surface area contributed by atoms with Crippen LogP contribution < -0.4 is 5.32 Å². The van der Waals surface area contributed by atoms with Crippen molar-refractivity contribution in [3.63, 3.8) is 0 Å². The summed E-state index contributed by atoms with van der Waals surface area (Å²) in [4.78, 5) is 0. The summed E-state index contributed by atoms with van der Waals surface area (Å²) in [6, 6.07) is 4.19. The standard InChI is InChI=1S/C17H21F2NO/c1-9(2)20-17(13-7-11(4)21-12(13)5)14-6-10(3)15(18)8-16(14)19/h6-9,17,20H,1-5H3. The van der Waals surface area contributed by atoms with E-state index in [0.29, 0.717) is 11.1 Å². The molecule has 0 aliphatic heterocycles. The summed E-state index contributed by atoms with van der Waals surface area (Å²) < 4.78 is 33.3. The lowest BCUT2D eigenvalue weighted by molar-refractivity contribution is 0.473. The summed E-state index contributed by atoms with van der Waals surface area (Å²) in [5.41, 5.74) is 1.75. The van der Waals surface area contributed by atoms with Crippen LogP contribution >= 0.6 is 0 Å². The molecule has 0 saturated heterocycles. The first kappa shape index (κ1) is 15.7. The molecule has 0 radical (unpaired) electrons. The van der Waals surface area contributed by atoms with Crippen LogP contribution in [-0.2, 0) is 0 Å². The second kappa shape index (κ2) is 5.98. The van der Waals surface area contributed by atoms with E-state index in [2.05, 4.69) is 5.32 Å². The van der Waals surface area contributed by atoms with Crippen LogP contribution in [0.15, 0.2) is 22.6 Å². The molecule has 1 atom stereocenters. The third-order valence-corrected chi connectivity index (χ3v) is 3.48. The lowest BCUT2D eigenvalue weighted by atomic mass is 9.96. The minimum Gasteiger partial charge on any atom is -0.466 e. The van der Waals surface area contributed by atoms with Crippen LogP contribution in [0.25, 0.3) is 0 Å². The van der Waals surface area contributed by atoms with Gasteiger partial charge >= 0.3 is 0 Å². The second-order valence-corrected chi connectivity index (χ2v) is 5.75. The highest BCUT2D eigenvalue weighted by molar-refractivity contribution is 5.37. The van der Waals surface area contributed by atoms with Gasteiger partial charge in [-0.25, -0.2) is 8.78 Å². The molecule has 0 amide bonds. The topological polar surface area (TPSA) is 25.2 Å². The van der Waals surface area contributed by atoms with E-state index in [1.54, 1.807) is 13.0 Å². The largest absolute Gasteiger partial charge is 0.466 e. The first-order chi connectivity index (χ1) is 9.79. The zero-order valence-corrected chi connectivity index (χ0v) is 13.1. The van der Waals surface area contributed by atoms with Crippen LogP contribution in [0.2, 0.25) is 0 Å². The van der Waals surface area contributed by atoms with Gasteiger partial charge in [0.05, 0.1) is 6.04 Å². The summed E-state index contributed by atoms with van der Waals surface area (Å²) in [7, 11) is 0. The third-order valence-electron chi connectivity index (χ3n) is 3.48. The Kier molecular flexibility index (Phi) is 4.47. The molecule has 1 unspecified atom stereocenters. The van der Waals surface area contributed by atoms with Crippen LogP contribution in [0, 0.1) is 32.4 Å². The van der Waals surface area contributed by atoms with Crippen molar-refractivity contribution in [2.45, 2.75) is 46.7 Å². The molecule has 0 saturated carbocycles. The van der Waals surface area contributed by atoms with Gasteiger partial charge in [0, 0.05) is 23.2 Å². The van der Waals surface area contributed by atoms with Crippen molar-refractivity contribution in [2.24, 2.45) is 0 Å². The molecule has 0 bridgehead atoms. The van der Waals surface area contributed by atoms with E-state index >= 15 is 0 Å². The zero-order chi connectivity index (χ0) is 15.7. The van der Waals surface area contributed by atoms with Crippen LogP contribution in [0.4, 0.5) is 8.78 Å². The van der Waals surface area contributed by atoms with Gasteiger partial charge in [0.2, 0.25) is 0 Å². The minimum atomic E-state index is -0.547. The van der Waals surface area contributed by atoms with Gasteiger partial charge in [-0.05, 0) is 52.3 Å². The molecule has 114 valence electrons. The third kappa shape index (κ3) is 3.32. The Morgan fingerprint density at radius 1 is 0.952 bits per heavy atom. The Morgan fingerprint density at radius 3 is 2.14 bits per heavy atom. The summed E-state index contributed by atoms with van der Waals surface area (Å²) in [5, 5.41) is 3.33. The molecule has 0 fully saturated rings.